The van der Waals surface area contributed by atoms with Crippen LogP contribution in [-0.2, 0) is 0 Å². The number of halogens is 1. The van der Waals surface area contributed by atoms with Gasteiger partial charge in [0.15, 0.2) is 5.78 Å². The van der Waals surface area contributed by atoms with Crippen LogP contribution in [0.4, 0.5) is 0 Å². The first-order chi connectivity index (χ1) is 8.45. The lowest BCUT2D eigenvalue weighted by molar-refractivity contribution is 0.101. The van der Waals surface area contributed by atoms with Crippen molar-refractivity contribution in [2.45, 2.75) is 52.8 Å². The predicted octanol–water partition coefficient (Wildman–Crippen LogP) is 5.24. The zero-order chi connectivity index (χ0) is 15.0. The Bertz CT molecular complexity index is 502. The van der Waals surface area contributed by atoms with Crippen LogP contribution in [-0.4, -0.2) is 14.1 Å². The fourth-order valence-corrected chi connectivity index (χ4v) is 2.92. The van der Waals surface area contributed by atoms with Crippen LogP contribution in [0.2, 0.25) is 23.2 Å². The largest absolute Gasteiger partial charge is 0.542 e. The van der Waals surface area contributed by atoms with E-state index in [1.54, 1.807) is 6.92 Å². The molecule has 0 spiro atoms. The van der Waals surface area contributed by atoms with Gasteiger partial charge in [-0.15, -0.1) is 0 Å². The van der Waals surface area contributed by atoms with E-state index in [-0.39, 0.29) is 10.8 Å². The number of rotatable bonds is 3. The van der Waals surface area contributed by atoms with E-state index in [0.29, 0.717) is 16.3 Å². The molecule has 106 valence electrons. The molecule has 1 aromatic rings. The van der Waals surface area contributed by atoms with Crippen molar-refractivity contribution in [1.82, 2.24) is 0 Å². The third-order valence-corrected chi connectivity index (χ3v) is 8.34. The molecule has 0 bridgehead atoms. The molecule has 0 aliphatic carbocycles. The highest BCUT2D eigenvalue weighted by Gasteiger charge is 2.40. The highest BCUT2D eigenvalue weighted by atomic mass is 35.5. The number of hydrogen-bond donors (Lipinski definition) is 0. The monoisotopic (exact) mass is 298 g/mol. The third-order valence-electron chi connectivity index (χ3n) is 3.73. The van der Waals surface area contributed by atoms with E-state index >= 15 is 0 Å². The predicted molar refractivity (Wildman–Crippen MR) is 84.0 cm³/mol. The average Bonchev–Trinajstić information content (AvgIpc) is 2.19. The van der Waals surface area contributed by atoms with Gasteiger partial charge in [-0.05, 0) is 49.7 Å². The Hall–Kier alpha value is -0.803. The number of aryl methyl sites for hydroxylation is 1. The summed E-state index contributed by atoms with van der Waals surface area (Å²) in [6, 6.07) is 3.69. The second-order valence-electron chi connectivity index (χ2n) is 6.54. The van der Waals surface area contributed by atoms with Gasteiger partial charge in [-0.2, -0.15) is 0 Å². The summed E-state index contributed by atoms with van der Waals surface area (Å²) >= 11 is 6.28. The average molecular weight is 299 g/mol. The summed E-state index contributed by atoms with van der Waals surface area (Å²) in [4.78, 5) is 11.8. The quantitative estimate of drug-likeness (QED) is 0.564. The van der Waals surface area contributed by atoms with Gasteiger partial charge in [0.2, 0.25) is 0 Å². The first-order valence-electron chi connectivity index (χ1n) is 6.46. The van der Waals surface area contributed by atoms with E-state index < -0.39 is 8.32 Å². The van der Waals surface area contributed by atoms with E-state index in [1.165, 1.54) is 0 Å². The maximum Gasteiger partial charge on any atom is 0.250 e. The van der Waals surface area contributed by atoms with Crippen molar-refractivity contribution < 1.29 is 9.22 Å². The van der Waals surface area contributed by atoms with Gasteiger partial charge < -0.3 is 4.43 Å². The molecule has 19 heavy (non-hydrogen) atoms. The lowest BCUT2D eigenvalue weighted by atomic mass is 10.1. The number of carbonyl (C=O) groups is 1. The Kier molecular flexibility index (Phi) is 4.53. The van der Waals surface area contributed by atoms with Crippen molar-refractivity contribution in [1.29, 1.82) is 0 Å². The molecule has 0 saturated heterocycles. The Labute approximate surface area is 122 Å². The summed E-state index contributed by atoms with van der Waals surface area (Å²) in [6.45, 7) is 14.2. The summed E-state index contributed by atoms with van der Waals surface area (Å²) in [5.41, 5.74) is 1.55. The van der Waals surface area contributed by atoms with Gasteiger partial charge in [0.1, 0.15) is 5.75 Å². The van der Waals surface area contributed by atoms with Gasteiger partial charge in [0.25, 0.3) is 8.32 Å². The summed E-state index contributed by atoms with van der Waals surface area (Å²) in [7, 11) is -2.01. The van der Waals surface area contributed by atoms with Crippen LogP contribution in [0.15, 0.2) is 12.1 Å². The molecular weight excluding hydrogens is 276 g/mol. The number of Topliss-reactive ketones (excluding diaryl/α,β-unsaturated/α-hetero) is 1. The van der Waals surface area contributed by atoms with E-state index in [2.05, 4.69) is 33.9 Å². The van der Waals surface area contributed by atoms with E-state index in [0.717, 1.165) is 5.56 Å². The van der Waals surface area contributed by atoms with Crippen LogP contribution in [0, 0.1) is 6.92 Å². The summed E-state index contributed by atoms with van der Waals surface area (Å²) in [5, 5.41) is 0.588. The van der Waals surface area contributed by atoms with Gasteiger partial charge in [-0.3, -0.25) is 4.79 Å². The zero-order valence-electron chi connectivity index (χ0n) is 12.8. The molecule has 0 aliphatic heterocycles. The maximum absolute atomic E-state index is 11.8. The summed E-state index contributed by atoms with van der Waals surface area (Å²) in [5.74, 6) is 0.533. The first-order valence-corrected chi connectivity index (χ1v) is 9.74. The smallest absolute Gasteiger partial charge is 0.250 e. The highest BCUT2D eigenvalue weighted by molar-refractivity contribution is 6.74. The molecule has 0 fully saturated rings. The molecule has 0 heterocycles. The van der Waals surface area contributed by atoms with Crippen molar-refractivity contribution in [3.05, 3.63) is 28.3 Å². The highest BCUT2D eigenvalue weighted by Crippen LogP contribution is 2.41. The van der Waals surface area contributed by atoms with Crippen LogP contribution in [0.1, 0.15) is 43.6 Å². The fraction of sp³-hybridized carbons (Fsp3) is 0.533. The topological polar surface area (TPSA) is 26.3 Å². The van der Waals surface area contributed by atoms with Crippen LogP contribution in [0.25, 0.3) is 0 Å². The normalized spacial score (nSPS) is 12.4. The molecule has 0 amide bonds. The third kappa shape index (κ3) is 3.60. The second kappa shape index (κ2) is 5.29. The number of benzene rings is 1. The number of ketones is 1. The maximum atomic E-state index is 11.8. The Balaban J connectivity index is 3.32. The minimum atomic E-state index is -2.01. The molecule has 0 atom stereocenters. The molecule has 0 aromatic heterocycles. The Morgan fingerprint density at radius 1 is 1.26 bits per heavy atom. The Morgan fingerprint density at radius 2 is 1.79 bits per heavy atom. The number of hydrogen-bond acceptors (Lipinski definition) is 2. The van der Waals surface area contributed by atoms with Crippen molar-refractivity contribution >= 4 is 25.7 Å². The molecular formula is C15H23ClO2Si. The molecule has 0 unspecified atom stereocenters. The molecule has 0 radical (unpaired) electrons. The zero-order valence-corrected chi connectivity index (χ0v) is 14.6. The molecule has 1 aromatic carbocycles. The van der Waals surface area contributed by atoms with Crippen molar-refractivity contribution in [3.63, 3.8) is 0 Å². The van der Waals surface area contributed by atoms with E-state index in [1.807, 2.05) is 19.1 Å². The standard InChI is InChI=1S/C15H23ClO2Si/c1-10-8-12(11(2)17)14(13(16)9-10)18-19(6,7)15(3,4)5/h8-9H,1-7H3. The van der Waals surface area contributed by atoms with E-state index in [4.69, 9.17) is 16.0 Å². The van der Waals surface area contributed by atoms with Gasteiger partial charge in [0.05, 0.1) is 10.6 Å². The molecule has 1 rings (SSSR count). The second-order valence-corrected chi connectivity index (χ2v) is 11.7. The van der Waals surface area contributed by atoms with Crippen molar-refractivity contribution in [3.8, 4) is 5.75 Å². The SMILES string of the molecule is CC(=O)c1cc(C)cc(Cl)c1O[Si](C)(C)C(C)(C)C. The van der Waals surface area contributed by atoms with Crippen LogP contribution < -0.4 is 4.43 Å². The van der Waals surface area contributed by atoms with Crippen molar-refractivity contribution in [2.75, 3.05) is 0 Å². The molecule has 0 aliphatic rings. The fourth-order valence-electron chi connectivity index (χ4n) is 1.50. The lowest BCUT2D eigenvalue weighted by Crippen LogP contribution is -2.44. The van der Waals surface area contributed by atoms with E-state index in [9.17, 15) is 4.79 Å². The Morgan fingerprint density at radius 3 is 2.21 bits per heavy atom. The minimum Gasteiger partial charge on any atom is -0.542 e. The van der Waals surface area contributed by atoms with Crippen LogP contribution >= 0.6 is 11.6 Å². The van der Waals surface area contributed by atoms with Crippen LogP contribution in [0.5, 0.6) is 5.75 Å². The lowest BCUT2D eigenvalue weighted by Gasteiger charge is -2.37. The van der Waals surface area contributed by atoms with Crippen molar-refractivity contribution in [2.24, 2.45) is 0 Å². The minimum absolute atomic E-state index is 0.0145. The van der Waals surface area contributed by atoms with Crippen LogP contribution in [0.3, 0.4) is 0 Å². The first kappa shape index (κ1) is 16.3. The summed E-state index contributed by atoms with van der Waals surface area (Å²) < 4.78 is 6.23. The number of carbonyl (C=O) groups excluding carboxylic acids is 1. The molecule has 0 N–H and O–H groups in total. The van der Waals surface area contributed by atoms with Gasteiger partial charge in [-0.1, -0.05) is 32.4 Å². The van der Waals surface area contributed by atoms with Gasteiger partial charge >= 0.3 is 0 Å². The van der Waals surface area contributed by atoms with Gasteiger partial charge in [-0.25, -0.2) is 0 Å². The summed E-state index contributed by atoms with van der Waals surface area (Å²) in [6.07, 6.45) is 0. The van der Waals surface area contributed by atoms with Gasteiger partial charge in [0, 0.05) is 0 Å². The molecule has 4 heteroatoms. The molecule has 2 nitrogen and oxygen atoms in total. The molecule has 0 saturated carbocycles.